The number of nitro groups is 1. The van der Waals surface area contributed by atoms with Crippen molar-refractivity contribution in [2.24, 2.45) is 5.10 Å². The maximum absolute atomic E-state index is 13.1. The van der Waals surface area contributed by atoms with Crippen molar-refractivity contribution in [1.82, 2.24) is 30.7 Å². The van der Waals surface area contributed by atoms with E-state index in [0.29, 0.717) is 5.71 Å². The van der Waals surface area contributed by atoms with E-state index in [2.05, 4.69) is 35.8 Å². The van der Waals surface area contributed by atoms with Gasteiger partial charge >= 0.3 is 0 Å². The highest BCUT2D eigenvalue weighted by Crippen LogP contribution is 2.29. The van der Waals surface area contributed by atoms with E-state index in [-0.39, 0.29) is 34.3 Å². The van der Waals surface area contributed by atoms with Gasteiger partial charge in [0, 0.05) is 17.7 Å². The van der Waals surface area contributed by atoms with Gasteiger partial charge in [0.1, 0.15) is 5.69 Å². The van der Waals surface area contributed by atoms with Gasteiger partial charge in [-0.2, -0.15) is 9.78 Å². The van der Waals surface area contributed by atoms with Gasteiger partial charge in [0.15, 0.2) is 5.69 Å². The van der Waals surface area contributed by atoms with Crippen molar-refractivity contribution in [2.45, 2.75) is 6.92 Å². The summed E-state index contributed by atoms with van der Waals surface area (Å²) in [7, 11) is 0. The number of non-ortho nitro benzene ring substituents is 1. The van der Waals surface area contributed by atoms with Crippen LogP contribution in [0.5, 0.6) is 0 Å². The molecule has 2 aromatic heterocycles. The third-order valence-corrected chi connectivity index (χ3v) is 5.65. The number of hydrogen-bond donors (Lipinski definition) is 2. The number of carbonyl (C=O) groups excluding carboxylic acids is 1. The molecule has 0 atom stereocenters. The minimum Gasteiger partial charge on any atom is -0.378 e. The van der Waals surface area contributed by atoms with Crippen LogP contribution < -0.4 is 11.2 Å². The molecule has 38 heavy (non-hydrogen) atoms. The maximum atomic E-state index is 13.1. The molecule has 5 rings (SSSR count). The highest BCUT2D eigenvalue weighted by molar-refractivity contribution is 6.02. The monoisotopic (exact) mass is 509 g/mol. The Labute approximate surface area is 214 Å². The van der Waals surface area contributed by atoms with Crippen LogP contribution in [0.1, 0.15) is 23.0 Å². The summed E-state index contributed by atoms with van der Waals surface area (Å²) in [4.78, 5) is 23.9. The summed E-state index contributed by atoms with van der Waals surface area (Å²) in [5.41, 5.74) is 11.8. The average Bonchev–Trinajstić information content (AvgIpc) is 3.58. The summed E-state index contributed by atoms with van der Waals surface area (Å²) in [6, 6.07) is 23.3. The van der Waals surface area contributed by atoms with E-state index < -0.39 is 10.8 Å². The van der Waals surface area contributed by atoms with Crippen LogP contribution in [0.2, 0.25) is 0 Å². The predicted molar refractivity (Wildman–Crippen MR) is 137 cm³/mol. The Kier molecular flexibility index (Phi) is 6.38. The van der Waals surface area contributed by atoms with E-state index in [1.165, 1.54) is 18.2 Å². The Morgan fingerprint density at radius 2 is 1.71 bits per heavy atom. The number of amides is 1. The summed E-state index contributed by atoms with van der Waals surface area (Å²) >= 11 is 0. The lowest BCUT2D eigenvalue weighted by Gasteiger charge is -2.07. The molecular weight excluding hydrogens is 490 g/mol. The lowest BCUT2D eigenvalue weighted by atomic mass is 10.0. The Bertz CT molecular complexity index is 1660. The van der Waals surface area contributed by atoms with Crippen LogP contribution >= 0.6 is 0 Å². The van der Waals surface area contributed by atoms with Crippen molar-refractivity contribution in [3.05, 3.63) is 100 Å². The largest absolute Gasteiger partial charge is 0.378 e. The molecule has 13 heteroatoms. The van der Waals surface area contributed by atoms with Crippen molar-refractivity contribution in [2.75, 3.05) is 5.73 Å². The molecule has 2 heterocycles. The lowest BCUT2D eigenvalue weighted by molar-refractivity contribution is -0.384. The molecular formula is C25H19N9O4. The van der Waals surface area contributed by atoms with Crippen LogP contribution in [0.25, 0.3) is 28.2 Å². The maximum Gasteiger partial charge on any atom is 0.294 e. The van der Waals surface area contributed by atoms with E-state index in [0.717, 1.165) is 21.4 Å². The average molecular weight is 509 g/mol. The van der Waals surface area contributed by atoms with E-state index in [1.54, 1.807) is 13.0 Å². The molecule has 1 amide bonds. The van der Waals surface area contributed by atoms with Crippen molar-refractivity contribution >= 4 is 23.1 Å². The standard InChI is InChI=1S/C25H19N9O4/c1-15(16-10-12-18(13-11-16)17-6-3-2-4-7-17)27-29-25(35)21-22(19-8-5-9-20(14-19)34(36)37)33(32-28-21)24-23(26)30-38-31-24/h2-14H,1H3,(H2,26,30)(H,29,35)/b27-15+. The molecule has 0 saturated heterocycles. The van der Waals surface area contributed by atoms with Crippen molar-refractivity contribution in [3.8, 4) is 28.2 Å². The molecule has 5 aromatic rings. The number of aromatic nitrogens is 5. The molecule has 3 N–H and O–H groups in total. The van der Waals surface area contributed by atoms with E-state index in [9.17, 15) is 14.9 Å². The summed E-state index contributed by atoms with van der Waals surface area (Å²) in [6.45, 7) is 1.75. The fourth-order valence-electron chi connectivity index (χ4n) is 3.73. The number of hydrazone groups is 1. The van der Waals surface area contributed by atoms with Crippen LogP contribution in [0.3, 0.4) is 0 Å². The second-order valence-electron chi connectivity index (χ2n) is 8.06. The molecule has 0 saturated carbocycles. The molecule has 0 radical (unpaired) electrons. The minimum atomic E-state index is -0.701. The van der Waals surface area contributed by atoms with Gasteiger partial charge in [0.2, 0.25) is 11.6 Å². The first-order chi connectivity index (χ1) is 18.4. The highest BCUT2D eigenvalue weighted by Gasteiger charge is 2.26. The highest BCUT2D eigenvalue weighted by atomic mass is 16.6. The van der Waals surface area contributed by atoms with Gasteiger partial charge < -0.3 is 5.73 Å². The number of rotatable bonds is 7. The molecule has 0 fully saturated rings. The van der Waals surface area contributed by atoms with Gasteiger partial charge in [-0.3, -0.25) is 14.9 Å². The van der Waals surface area contributed by atoms with Crippen molar-refractivity contribution < 1.29 is 14.3 Å². The number of carbonyl (C=O) groups is 1. The van der Waals surface area contributed by atoms with Crippen LogP contribution in [0, 0.1) is 10.1 Å². The summed E-state index contributed by atoms with van der Waals surface area (Å²) < 4.78 is 5.77. The molecule has 0 bridgehead atoms. The fourth-order valence-corrected chi connectivity index (χ4v) is 3.73. The molecule has 0 aliphatic heterocycles. The first kappa shape index (κ1) is 24.0. The molecule has 0 spiro atoms. The Balaban J connectivity index is 1.45. The number of benzene rings is 3. The van der Waals surface area contributed by atoms with Gasteiger partial charge in [-0.05, 0) is 33.9 Å². The lowest BCUT2D eigenvalue weighted by Crippen LogP contribution is -2.21. The molecule has 0 aliphatic rings. The van der Waals surface area contributed by atoms with Crippen LogP contribution in [0.15, 0.2) is 88.6 Å². The van der Waals surface area contributed by atoms with Gasteiger partial charge in [-0.1, -0.05) is 71.9 Å². The SMILES string of the molecule is C/C(=N\NC(=O)c1nnn(-c2nonc2N)c1-c1cccc([N+](=O)[O-])c1)c1ccc(-c2ccccc2)cc1. The summed E-state index contributed by atoms with van der Waals surface area (Å²) in [5.74, 6) is -0.842. The fraction of sp³-hybridized carbons (Fsp3) is 0.0400. The second kappa shape index (κ2) is 10.1. The Morgan fingerprint density at radius 3 is 2.39 bits per heavy atom. The first-order valence-corrected chi connectivity index (χ1v) is 11.2. The summed E-state index contributed by atoms with van der Waals surface area (Å²) in [6.07, 6.45) is 0. The number of anilines is 1. The number of nitrogens with one attached hydrogen (secondary N) is 1. The second-order valence-corrected chi connectivity index (χ2v) is 8.06. The van der Waals surface area contributed by atoms with Crippen molar-refractivity contribution in [1.29, 1.82) is 0 Å². The van der Waals surface area contributed by atoms with Gasteiger partial charge in [-0.25, -0.2) is 10.1 Å². The normalized spacial score (nSPS) is 11.3. The van der Waals surface area contributed by atoms with E-state index in [1.807, 2.05) is 54.6 Å². The first-order valence-electron chi connectivity index (χ1n) is 11.2. The van der Waals surface area contributed by atoms with E-state index >= 15 is 0 Å². The number of nitrogens with zero attached hydrogens (tertiary/aromatic N) is 7. The minimum absolute atomic E-state index is 0.0313. The van der Waals surface area contributed by atoms with E-state index in [4.69, 9.17) is 5.73 Å². The quantitative estimate of drug-likeness (QED) is 0.188. The smallest absolute Gasteiger partial charge is 0.294 e. The van der Waals surface area contributed by atoms with Gasteiger partial charge in [0.05, 0.1) is 10.6 Å². The molecule has 0 aliphatic carbocycles. The number of hydrogen-bond acceptors (Lipinski definition) is 10. The molecule has 0 unspecified atom stereocenters. The van der Waals surface area contributed by atoms with Gasteiger partial charge in [-0.15, -0.1) is 5.10 Å². The van der Waals surface area contributed by atoms with Crippen LogP contribution in [-0.4, -0.2) is 41.8 Å². The zero-order valence-electron chi connectivity index (χ0n) is 19.8. The number of nitro benzene ring substituents is 1. The Morgan fingerprint density at radius 1 is 1.00 bits per heavy atom. The molecule has 13 nitrogen and oxygen atoms in total. The van der Waals surface area contributed by atoms with Gasteiger partial charge in [0.25, 0.3) is 11.6 Å². The Hall–Kier alpha value is -5.72. The predicted octanol–water partition coefficient (Wildman–Crippen LogP) is 3.63. The molecule has 3 aromatic carbocycles. The number of nitrogen functional groups attached to an aromatic ring is 1. The zero-order chi connectivity index (χ0) is 26.6. The third-order valence-electron chi connectivity index (χ3n) is 5.65. The topological polar surface area (TPSA) is 180 Å². The van der Waals surface area contributed by atoms with Crippen molar-refractivity contribution in [3.63, 3.8) is 0 Å². The summed E-state index contributed by atoms with van der Waals surface area (Å²) in [5, 5.41) is 30.7. The van der Waals surface area contributed by atoms with Crippen LogP contribution in [0.4, 0.5) is 11.5 Å². The van der Waals surface area contributed by atoms with Crippen LogP contribution in [-0.2, 0) is 0 Å². The zero-order valence-corrected chi connectivity index (χ0v) is 19.8. The third kappa shape index (κ3) is 4.70. The number of nitrogens with two attached hydrogens (primary N) is 1. The molecule has 188 valence electrons.